The summed E-state index contributed by atoms with van der Waals surface area (Å²) in [5.41, 5.74) is -2.87. The van der Waals surface area contributed by atoms with E-state index < -0.39 is 29.5 Å². The molecule has 1 aromatic heterocycles. The minimum Gasteiger partial charge on any atom is -0.467 e. The maximum absolute atomic E-state index is 13.6. The molecular weight excluding hydrogens is 398 g/mol. The summed E-state index contributed by atoms with van der Waals surface area (Å²) < 4.78 is 84.7. The Morgan fingerprint density at radius 2 is 1.63 bits per heavy atom. The Morgan fingerprint density at radius 1 is 0.963 bits per heavy atom. The molecule has 0 amide bonds. The Kier molecular flexibility index (Phi) is 6.49. The van der Waals surface area contributed by atoms with Crippen molar-refractivity contribution < 1.29 is 30.8 Å². The van der Waals surface area contributed by atoms with Gasteiger partial charge in [-0.05, 0) is 29.8 Å². The van der Waals surface area contributed by atoms with Crippen LogP contribution in [0.3, 0.4) is 0 Å². The zero-order chi connectivity index (χ0) is 18.9. The minimum absolute atomic E-state index is 0. The smallest absolute Gasteiger partial charge is 0.416 e. The summed E-state index contributed by atoms with van der Waals surface area (Å²) in [6.07, 6.45) is -8.44. The van der Waals surface area contributed by atoms with Gasteiger partial charge in [0.2, 0.25) is 0 Å². The number of nitrogens with one attached hydrogen (secondary N) is 1. The van der Waals surface area contributed by atoms with Gasteiger partial charge in [-0.2, -0.15) is 26.3 Å². The normalized spacial score (nSPS) is 17.4. The standard InChI is InChI=1S/C17H16F6N2O.ClH/c18-16(19,20)11-3-4-12(13(10-11)17(21,22)23)15(14-2-1-9-26-14)25-7-5-24-6-8-25;/h1-4,9-10,15,24H,5-8H2;1H/t15-;/m1./s1. The Labute approximate surface area is 157 Å². The van der Waals surface area contributed by atoms with Crippen LogP contribution in [0.2, 0.25) is 0 Å². The van der Waals surface area contributed by atoms with Crippen LogP contribution >= 0.6 is 12.4 Å². The van der Waals surface area contributed by atoms with Crippen molar-refractivity contribution in [2.24, 2.45) is 0 Å². The minimum atomic E-state index is -4.92. The molecule has 1 N–H and O–H groups in total. The molecule has 0 bridgehead atoms. The van der Waals surface area contributed by atoms with Gasteiger partial charge in [0.25, 0.3) is 0 Å². The summed E-state index contributed by atoms with van der Waals surface area (Å²) in [6, 6.07) is 3.93. The molecule has 1 aliphatic rings. The van der Waals surface area contributed by atoms with E-state index in [-0.39, 0.29) is 29.8 Å². The molecule has 2 aromatic rings. The van der Waals surface area contributed by atoms with Gasteiger partial charge in [0, 0.05) is 26.2 Å². The van der Waals surface area contributed by atoms with Crippen molar-refractivity contribution in [2.75, 3.05) is 26.2 Å². The van der Waals surface area contributed by atoms with Gasteiger partial charge >= 0.3 is 12.4 Å². The van der Waals surface area contributed by atoms with Gasteiger partial charge in [-0.25, -0.2) is 0 Å². The van der Waals surface area contributed by atoms with Gasteiger partial charge in [0.05, 0.1) is 23.4 Å². The predicted octanol–water partition coefficient (Wildman–Crippen LogP) is 4.73. The third kappa shape index (κ3) is 4.77. The number of alkyl halides is 6. The zero-order valence-electron chi connectivity index (χ0n) is 13.9. The average Bonchev–Trinajstić information content (AvgIpc) is 3.08. The van der Waals surface area contributed by atoms with E-state index in [0.29, 0.717) is 32.2 Å². The maximum atomic E-state index is 13.6. The molecule has 0 unspecified atom stereocenters. The van der Waals surface area contributed by atoms with Gasteiger partial charge in [-0.3, -0.25) is 4.90 Å². The van der Waals surface area contributed by atoms with E-state index in [9.17, 15) is 26.3 Å². The molecule has 10 heteroatoms. The molecule has 2 heterocycles. The number of rotatable bonds is 3. The first-order chi connectivity index (χ1) is 12.2. The van der Waals surface area contributed by atoms with Gasteiger partial charge in [0.15, 0.2) is 0 Å². The zero-order valence-corrected chi connectivity index (χ0v) is 14.7. The lowest BCUT2D eigenvalue weighted by atomic mass is 9.94. The Morgan fingerprint density at radius 3 is 2.15 bits per heavy atom. The van der Waals surface area contributed by atoms with Crippen LogP contribution in [0.25, 0.3) is 0 Å². The molecule has 150 valence electrons. The molecule has 3 nitrogen and oxygen atoms in total. The van der Waals surface area contributed by atoms with Crippen LogP contribution < -0.4 is 5.32 Å². The Bertz CT molecular complexity index is 739. The van der Waals surface area contributed by atoms with Crippen LogP contribution in [0.15, 0.2) is 41.0 Å². The molecule has 0 saturated carbocycles. The largest absolute Gasteiger partial charge is 0.467 e. The van der Waals surface area contributed by atoms with Crippen LogP contribution in [-0.2, 0) is 12.4 Å². The van der Waals surface area contributed by atoms with Crippen molar-refractivity contribution in [1.82, 2.24) is 10.2 Å². The van der Waals surface area contributed by atoms with Crippen LogP contribution in [-0.4, -0.2) is 31.1 Å². The lowest BCUT2D eigenvalue weighted by Crippen LogP contribution is -2.45. The summed E-state index contributed by atoms with van der Waals surface area (Å²) in [5, 5.41) is 3.10. The number of hydrogen-bond donors (Lipinski definition) is 1. The fourth-order valence-corrected chi connectivity index (χ4v) is 3.13. The highest BCUT2D eigenvalue weighted by Gasteiger charge is 2.41. The molecule has 0 spiro atoms. The van der Waals surface area contributed by atoms with Crippen LogP contribution in [0, 0.1) is 0 Å². The molecule has 1 saturated heterocycles. The highest BCUT2D eigenvalue weighted by molar-refractivity contribution is 5.85. The molecule has 1 aromatic carbocycles. The Balaban J connectivity index is 0.00000261. The summed E-state index contributed by atoms with van der Waals surface area (Å²) in [4.78, 5) is 1.77. The van der Waals surface area contributed by atoms with E-state index in [0.717, 1.165) is 6.07 Å². The number of nitrogens with zero attached hydrogens (tertiary/aromatic N) is 1. The second kappa shape index (κ2) is 8.12. The van der Waals surface area contributed by atoms with E-state index >= 15 is 0 Å². The Hall–Kier alpha value is -1.71. The van der Waals surface area contributed by atoms with E-state index in [1.54, 1.807) is 11.0 Å². The summed E-state index contributed by atoms with van der Waals surface area (Å²) in [6.45, 7) is 2.03. The molecule has 1 fully saturated rings. The summed E-state index contributed by atoms with van der Waals surface area (Å²) >= 11 is 0. The molecule has 3 rings (SSSR count). The number of hydrogen-bond acceptors (Lipinski definition) is 3. The third-order valence-electron chi connectivity index (χ3n) is 4.31. The van der Waals surface area contributed by atoms with Gasteiger partial charge in [0.1, 0.15) is 5.76 Å². The predicted molar refractivity (Wildman–Crippen MR) is 88.7 cm³/mol. The quantitative estimate of drug-likeness (QED) is 0.736. The van der Waals surface area contributed by atoms with E-state index in [1.165, 1.54) is 12.3 Å². The van der Waals surface area contributed by atoms with Gasteiger partial charge < -0.3 is 9.73 Å². The molecule has 1 atom stereocenters. The van der Waals surface area contributed by atoms with Crippen molar-refractivity contribution in [3.05, 3.63) is 59.0 Å². The summed E-state index contributed by atoms with van der Waals surface area (Å²) in [7, 11) is 0. The fraction of sp³-hybridized carbons (Fsp3) is 0.412. The fourth-order valence-electron chi connectivity index (χ4n) is 3.13. The number of halogens is 7. The van der Waals surface area contributed by atoms with E-state index in [4.69, 9.17) is 4.42 Å². The van der Waals surface area contributed by atoms with Crippen molar-refractivity contribution in [2.45, 2.75) is 18.4 Å². The topological polar surface area (TPSA) is 28.4 Å². The lowest BCUT2D eigenvalue weighted by molar-refractivity contribution is -0.143. The highest BCUT2D eigenvalue weighted by atomic mass is 35.5. The molecule has 27 heavy (non-hydrogen) atoms. The van der Waals surface area contributed by atoms with Crippen LogP contribution in [0.1, 0.15) is 28.5 Å². The van der Waals surface area contributed by atoms with Crippen molar-refractivity contribution >= 4 is 12.4 Å². The molecular formula is C17H17ClF6N2O. The molecule has 1 aliphatic heterocycles. The number of benzene rings is 1. The number of furan rings is 1. The summed E-state index contributed by atoms with van der Waals surface area (Å²) in [5.74, 6) is 0.261. The van der Waals surface area contributed by atoms with Crippen LogP contribution in [0.5, 0.6) is 0 Å². The van der Waals surface area contributed by atoms with Crippen molar-refractivity contribution in [3.63, 3.8) is 0 Å². The maximum Gasteiger partial charge on any atom is 0.416 e. The second-order valence-corrected chi connectivity index (χ2v) is 6.00. The van der Waals surface area contributed by atoms with E-state index in [2.05, 4.69) is 5.32 Å². The average molecular weight is 415 g/mol. The monoisotopic (exact) mass is 414 g/mol. The first kappa shape index (κ1) is 21.6. The first-order valence-corrected chi connectivity index (χ1v) is 7.94. The van der Waals surface area contributed by atoms with Gasteiger partial charge in [-0.15, -0.1) is 12.4 Å². The SMILES string of the molecule is Cl.FC(F)(F)c1ccc([C@H](c2ccco2)N2CCNCC2)c(C(F)(F)F)c1. The highest BCUT2D eigenvalue weighted by Crippen LogP contribution is 2.42. The molecule has 0 aliphatic carbocycles. The van der Waals surface area contributed by atoms with E-state index in [1.807, 2.05) is 0 Å². The second-order valence-electron chi connectivity index (χ2n) is 6.00. The lowest BCUT2D eigenvalue weighted by Gasteiger charge is -2.35. The van der Waals surface area contributed by atoms with Crippen molar-refractivity contribution in [1.29, 1.82) is 0 Å². The number of piperazine rings is 1. The van der Waals surface area contributed by atoms with Crippen LogP contribution in [0.4, 0.5) is 26.3 Å². The third-order valence-corrected chi connectivity index (χ3v) is 4.31. The van der Waals surface area contributed by atoms with Crippen molar-refractivity contribution in [3.8, 4) is 0 Å². The molecule has 0 radical (unpaired) electrons. The van der Waals surface area contributed by atoms with Gasteiger partial charge in [-0.1, -0.05) is 6.07 Å². The first-order valence-electron chi connectivity index (χ1n) is 7.94.